The molecule has 0 saturated heterocycles. The van der Waals surface area contributed by atoms with Crippen LogP contribution in [-0.2, 0) is 13.4 Å². The first-order valence-corrected chi connectivity index (χ1v) is 6.82. The molecule has 0 aromatic heterocycles. The monoisotopic (exact) mass is 172 g/mol. The molecule has 0 radical (unpaired) electrons. The molecule has 0 aliphatic heterocycles. The minimum atomic E-state index is -3.55. The molecule has 0 aliphatic carbocycles. The van der Waals surface area contributed by atoms with Crippen molar-refractivity contribution < 1.29 is 18.3 Å². The zero-order chi connectivity index (χ0) is 7.71. The van der Waals surface area contributed by atoms with E-state index in [9.17, 15) is 9.13 Å². The van der Waals surface area contributed by atoms with E-state index in [2.05, 4.69) is 4.31 Å². The summed E-state index contributed by atoms with van der Waals surface area (Å²) in [4.78, 5) is 8.51. The van der Waals surface area contributed by atoms with E-state index in [1.54, 1.807) is 0 Å². The molecule has 6 heteroatoms. The van der Waals surface area contributed by atoms with Crippen LogP contribution in [0.4, 0.5) is 0 Å². The van der Waals surface area contributed by atoms with Gasteiger partial charge in [0.2, 0.25) is 7.37 Å². The Morgan fingerprint density at radius 3 is 1.56 bits per heavy atom. The summed E-state index contributed by atoms with van der Waals surface area (Å²) in [5, 5.41) is 0. The highest BCUT2D eigenvalue weighted by molar-refractivity contribution is 7.68. The topological polar surface area (TPSA) is 63.6 Å². The Balaban J connectivity index is 4.07. The molecule has 1 unspecified atom stereocenters. The molecule has 0 aromatic rings. The van der Waals surface area contributed by atoms with Gasteiger partial charge >= 0.3 is 7.60 Å². The van der Waals surface area contributed by atoms with Crippen LogP contribution in [0, 0.1) is 0 Å². The van der Waals surface area contributed by atoms with Crippen molar-refractivity contribution in [2.45, 2.75) is 0 Å². The van der Waals surface area contributed by atoms with Crippen molar-refractivity contribution in [1.82, 2.24) is 0 Å². The van der Waals surface area contributed by atoms with Gasteiger partial charge in [0.05, 0.1) is 0 Å². The molecule has 0 rings (SSSR count). The maximum absolute atomic E-state index is 10.7. The predicted octanol–water partition coefficient (Wildman–Crippen LogP) is 1.36. The van der Waals surface area contributed by atoms with Gasteiger partial charge in [-0.05, 0) is 0 Å². The first-order valence-electron chi connectivity index (χ1n) is 2.27. The van der Waals surface area contributed by atoms with Gasteiger partial charge in [-0.3, -0.25) is 13.4 Å². The fourth-order valence-electron chi connectivity index (χ4n) is 0.365. The summed E-state index contributed by atoms with van der Waals surface area (Å²) in [6.07, 6.45) is 0. The van der Waals surface area contributed by atoms with Crippen LogP contribution in [0.25, 0.3) is 0 Å². The molecule has 0 saturated carbocycles. The van der Waals surface area contributed by atoms with E-state index in [0.29, 0.717) is 0 Å². The second-order valence-electron chi connectivity index (χ2n) is 2.14. The Hall–Kier alpha value is 0.380. The lowest BCUT2D eigenvalue weighted by atomic mass is 11.9. The average molecular weight is 172 g/mol. The standard InChI is InChI=1S/C3H10O4P2/c1-8(2,4)7-9(3,5)6/h1-3H3,(H,5,6). The minimum Gasteiger partial charge on any atom is -0.324 e. The molecule has 1 atom stereocenters. The molecule has 0 fully saturated rings. The van der Waals surface area contributed by atoms with Gasteiger partial charge in [0.1, 0.15) is 0 Å². The highest BCUT2D eigenvalue weighted by Gasteiger charge is 2.19. The van der Waals surface area contributed by atoms with Crippen molar-refractivity contribution in [3.05, 3.63) is 0 Å². The van der Waals surface area contributed by atoms with Crippen molar-refractivity contribution in [2.75, 3.05) is 20.0 Å². The lowest BCUT2D eigenvalue weighted by Gasteiger charge is -2.09. The van der Waals surface area contributed by atoms with Gasteiger partial charge in [-0.15, -0.1) is 0 Å². The number of hydrogen-bond donors (Lipinski definition) is 1. The van der Waals surface area contributed by atoms with Crippen molar-refractivity contribution >= 4 is 15.0 Å². The molecule has 0 bridgehead atoms. The molecule has 0 amide bonds. The van der Waals surface area contributed by atoms with E-state index in [0.717, 1.165) is 6.66 Å². The van der Waals surface area contributed by atoms with Crippen LogP contribution in [0.2, 0.25) is 0 Å². The van der Waals surface area contributed by atoms with Crippen LogP contribution >= 0.6 is 15.0 Å². The SMILES string of the molecule is CP(C)(=O)OP(C)(=O)O. The van der Waals surface area contributed by atoms with Crippen molar-refractivity contribution in [3.63, 3.8) is 0 Å². The minimum absolute atomic E-state index is 1.01. The van der Waals surface area contributed by atoms with Gasteiger partial charge in [-0.1, -0.05) is 0 Å². The summed E-state index contributed by atoms with van der Waals surface area (Å²) in [6, 6.07) is 0. The van der Waals surface area contributed by atoms with Crippen LogP contribution in [0.5, 0.6) is 0 Å². The molecule has 4 nitrogen and oxygen atoms in total. The maximum atomic E-state index is 10.7. The molecule has 56 valence electrons. The summed E-state index contributed by atoms with van der Waals surface area (Å²) in [6.45, 7) is 3.59. The normalized spacial score (nSPS) is 19.1. The quantitative estimate of drug-likeness (QED) is 0.638. The largest absolute Gasteiger partial charge is 0.330 e. The van der Waals surface area contributed by atoms with Gasteiger partial charge in [-0.2, -0.15) is 0 Å². The Morgan fingerprint density at radius 1 is 1.22 bits per heavy atom. The first kappa shape index (κ1) is 9.38. The van der Waals surface area contributed by atoms with Crippen LogP contribution in [0.15, 0.2) is 0 Å². The Labute approximate surface area is 54.2 Å². The lowest BCUT2D eigenvalue weighted by Crippen LogP contribution is -1.82. The van der Waals surface area contributed by atoms with Gasteiger partial charge in [0.25, 0.3) is 0 Å². The first-order chi connectivity index (χ1) is 3.71. The Bertz CT molecular complexity index is 154. The van der Waals surface area contributed by atoms with Gasteiger partial charge in [0, 0.05) is 20.0 Å². The maximum Gasteiger partial charge on any atom is 0.330 e. The summed E-state index contributed by atoms with van der Waals surface area (Å²) >= 11 is 0. The number of rotatable bonds is 2. The summed E-state index contributed by atoms with van der Waals surface area (Å²) in [5.74, 6) is 0. The van der Waals surface area contributed by atoms with Crippen LogP contribution in [0.3, 0.4) is 0 Å². The molecule has 0 aliphatic rings. The molecular formula is C3H10O4P2. The van der Waals surface area contributed by atoms with Gasteiger partial charge in [0.15, 0.2) is 0 Å². The molecule has 0 spiro atoms. The van der Waals surface area contributed by atoms with Gasteiger partial charge in [-0.25, -0.2) is 0 Å². The van der Waals surface area contributed by atoms with Crippen LogP contribution in [-0.4, -0.2) is 24.9 Å². The lowest BCUT2D eigenvalue weighted by molar-refractivity contribution is 0.386. The fraction of sp³-hybridized carbons (Fsp3) is 1.00. The Kier molecular flexibility index (Phi) is 2.66. The fourth-order valence-corrected chi connectivity index (χ4v) is 3.28. The van der Waals surface area contributed by atoms with Crippen LogP contribution in [0.1, 0.15) is 0 Å². The summed E-state index contributed by atoms with van der Waals surface area (Å²) in [5.41, 5.74) is 0. The van der Waals surface area contributed by atoms with Crippen LogP contribution < -0.4 is 0 Å². The van der Waals surface area contributed by atoms with Crippen molar-refractivity contribution in [1.29, 1.82) is 0 Å². The third-order valence-electron chi connectivity index (χ3n) is 0.348. The third-order valence-corrected chi connectivity index (χ3v) is 3.13. The second kappa shape index (κ2) is 2.55. The van der Waals surface area contributed by atoms with Gasteiger partial charge < -0.3 is 4.89 Å². The zero-order valence-corrected chi connectivity index (χ0v) is 7.36. The highest BCUT2D eigenvalue weighted by Crippen LogP contribution is 2.54. The molecular weight excluding hydrogens is 162 g/mol. The summed E-state index contributed by atoms with van der Waals surface area (Å²) in [7, 11) is -6.35. The second-order valence-corrected chi connectivity index (χ2v) is 6.90. The molecule has 9 heavy (non-hydrogen) atoms. The van der Waals surface area contributed by atoms with E-state index < -0.39 is 15.0 Å². The third kappa shape index (κ3) is 8.38. The van der Waals surface area contributed by atoms with E-state index in [4.69, 9.17) is 4.89 Å². The highest BCUT2D eigenvalue weighted by atomic mass is 31.3. The smallest absolute Gasteiger partial charge is 0.324 e. The van der Waals surface area contributed by atoms with Crippen molar-refractivity contribution in [2.24, 2.45) is 0 Å². The molecule has 0 heterocycles. The Morgan fingerprint density at radius 2 is 1.56 bits per heavy atom. The van der Waals surface area contributed by atoms with E-state index in [-0.39, 0.29) is 0 Å². The number of hydrogen-bond acceptors (Lipinski definition) is 3. The molecule has 0 aromatic carbocycles. The molecule has 1 N–H and O–H groups in total. The summed E-state index contributed by atoms with van der Waals surface area (Å²) < 4.78 is 25.4. The van der Waals surface area contributed by atoms with E-state index >= 15 is 0 Å². The van der Waals surface area contributed by atoms with Crippen molar-refractivity contribution in [3.8, 4) is 0 Å². The zero-order valence-electron chi connectivity index (χ0n) is 5.57. The van der Waals surface area contributed by atoms with E-state index in [1.165, 1.54) is 13.3 Å². The average Bonchev–Trinajstić information content (AvgIpc) is 1.14. The predicted molar refractivity (Wildman–Crippen MR) is 36.3 cm³/mol. The van der Waals surface area contributed by atoms with E-state index in [1.807, 2.05) is 0 Å².